The Balaban J connectivity index is 2.12. The highest BCUT2D eigenvalue weighted by molar-refractivity contribution is 7.11. The molecule has 4 nitrogen and oxygen atoms in total. The molecule has 1 aromatic heterocycles. The van der Waals surface area contributed by atoms with Crippen molar-refractivity contribution in [2.24, 2.45) is 0 Å². The summed E-state index contributed by atoms with van der Waals surface area (Å²) in [5, 5.41) is 3.16. The lowest BCUT2D eigenvalue weighted by molar-refractivity contribution is 0.0946. The molecule has 0 aliphatic heterocycles. The van der Waals surface area contributed by atoms with E-state index in [9.17, 15) is 13.6 Å². The Morgan fingerprint density at radius 2 is 2.21 bits per heavy atom. The van der Waals surface area contributed by atoms with Crippen LogP contribution in [0.2, 0.25) is 0 Å². The van der Waals surface area contributed by atoms with Crippen LogP contribution < -0.4 is 11.1 Å². The van der Waals surface area contributed by atoms with Crippen molar-refractivity contribution in [2.75, 3.05) is 5.73 Å². The van der Waals surface area contributed by atoms with Crippen molar-refractivity contribution in [3.8, 4) is 0 Å². The smallest absolute Gasteiger partial charge is 0.254 e. The van der Waals surface area contributed by atoms with Crippen LogP contribution in [0.4, 0.5) is 14.5 Å². The third-order valence-corrected chi connectivity index (χ3v) is 3.29. The summed E-state index contributed by atoms with van der Waals surface area (Å²) in [4.78, 5) is 16.8. The zero-order valence-electron chi connectivity index (χ0n) is 10.0. The molecule has 0 aliphatic rings. The van der Waals surface area contributed by atoms with Crippen LogP contribution in [0.15, 0.2) is 18.3 Å². The molecule has 0 saturated carbocycles. The van der Waals surface area contributed by atoms with E-state index in [0.29, 0.717) is 5.01 Å². The number of aromatic nitrogens is 1. The van der Waals surface area contributed by atoms with E-state index in [1.54, 1.807) is 6.20 Å². The summed E-state index contributed by atoms with van der Waals surface area (Å²) in [7, 11) is 0. The fourth-order valence-electron chi connectivity index (χ4n) is 1.51. The molecule has 0 unspecified atom stereocenters. The van der Waals surface area contributed by atoms with E-state index >= 15 is 0 Å². The average Bonchev–Trinajstić information content (AvgIpc) is 2.76. The Labute approximate surface area is 112 Å². The second-order valence-electron chi connectivity index (χ2n) is 3.90. The second-order valence-corrected chi connectivity index (χ2v) is 5.22. The first-order chi connectivity index (χ1) is 8.97. The van der Waals surface area contributed by atoms with Crippen molar-refractivity contribution < 1.29 is 13.6 Å². The molecular formula is C12H11F2N3OS. The van der Waals surface area contributed by atoms with Gasteiger partial charge in [0.05, 0.1) is 17.8 Å². The Bertz CT molecular complexity index is 627. The largest absolute Gasteiger partial charge is 0.396 e. The molecule has 1 amide bonds. The zero-order valence-corrected chi connectivity index (χ0v) is 10.9. The third-order valence-electron chi connectivity index (χ3n) is 2.38. The fraction of sp³-hybridized carbons (Fsp3) is 0.167. The quantitative estimate of drug-likeness (QED) is 0.849. The lowest BCUT2D eigenvalue weighted by Gasteiger charge is -2.06. The molecule has 2 aromatic rings. The predicted molar refractivity (Wildman–Crippen MR) is 68.8 cm³/mol. The molecule has 0 atom stereocenters. The fourth-order valence-corrected chi connectivity index (χ4v) is 2.24. The minimum atomic E-state index is -0.922. The summed E-state index contributed by atoms with van der Waals surface area (Å²) in [5.74, 6) is -2.40. The Hall–Kier alpha value is -2.02. The monoisotopic (exact) mass is 283 g/mol. The number of benzene rings is 1. The van der Waals surface area contributed by atoms with Gasteiger partial charge in [-0.2, -0.15) is 0 Å². The number of hydrogen-bond acceptors (Lipinski definition) is 4. The Morgan fingerprint density at radius 3 is 2.84 bits per heavy atom. The van der Waals surface area contributed by atoms with Gasteiger partial charge in [0, 0.05) is 11.1 Å². The van der Waals surface area contributed by atoms with Gasteiger partial charge in [0.2, 0.25) is 0 Å². The number of thiazole rings is 1. The maximum Gasteiger partial charge on any atom is 0.254 e. The molecule has 1 aromatic carbocycles. The average molecular weight is 283 g/mol. The number of halogens is 2. The highest BCUT2D eigenvalue weighted by Crippen LogP contribution is 2.17. The van der Waals surface area contributed by atoms with Gasteiger partial charge in [-0.05, 0) is 19.1 Å². The number of nitrogens with zero attached hydrogens (tertiary/aromatic N) is 1. The first-order valence-electron chi connectivity index (χ1n) is 5.41. The number of carbonyl (C=O) groups excluding carboxylic acids is 1. The number of anilines is 1. The maximum absolute atomic E-state index is 13.6. The van der Waals surface area contributed by atoms with Crippen molar-refractivity contribution in [1.82, 2.24) is 10.3 Å². The van der Waals surface area contributed by atoms with Gasteiger partial charge in [0.1, 0.15) is 10.8 Å². The maximum atomic E-state index is 13.6. The second kappa shape index (κ2) is 5.31. The van der Waals surface area contributed by atoms with Gasteiger partial charge in [-0.3, -0.25) is 4.79 Å². The van der Waals surface area contributed by atoms with Crippen molar-refractivity contribution in [3.63, 3.8) is 0 Å². The zero-order chi connectivity index (χ0) is 14.0. The van der Waals surface area contributed by atoms with Crippen molar-refractivity contribution >= 4 is 22.9 Å². The molecular weight excluding hydrogens is 272 g/mol. The van der Waals surface area contributed by atoms with E-state index in [4.69, 9.17) is 5.73 Å². The van der Waals surface area contributed by atoms with E-state index in [0.717, 1.165) is 17.0 Å². The minimum absolute atomic E-state index is 0.160. The summed E-state index contributed by atoms with van der Waals surface area (Å²) in [6.07, 6.45) is 1.67. The molecule has 19 heavy (non-hydrogen) atoms. The molecule has 0 spiro atoms. The highest BCUT2D eigenvalue weighted by Gasteiger charge is 2.16. The van der Waals surface area contributed by atoms with Gasteiger partial charge in [0.15, 0.2) is 5.82 Å². The van der Waals surface area contributed by atoms with E-state index in [2.05, 4.69) is 10.3 Å². The van der Waals surface area contributed by atoms with Crippen LogP contribution in [0, 0.1) is 18.6 Å². The number of nitrogens with one attached hydrogen (secondary N) is 1. The van der Waals surface area contributed by atoms with Crippen LogP contribution in [0.1, 0.15) is 20.2 Å². The number of amides is 1. The number of nitrogens with two attached hydrogens (primary N) is 1. The van der Waals surface area contributed by atoms with E-state index in [-0.39, 0.29) is 6.54 Å². The van der Waals surface area contributed by atoms with Gasteiger partial charge in [-0.1, -0.05) is 0 Å². The van der Waals surface area contributed by atoms with Crippen molar-refractivity contribution in [2.45, 2.75) is 13.5 Å². The van der Waals surface area contributed by atoms with Crippen LogP contribution in [0.3, 0.4) is 0 Å². The molecule has 2 rings (SSSR count). The Kier molecular flexibility index (Phi) is 3.75. The summed E-state index contributed by atoms with van der Waals surface area (Å²) in [5.41, 5.74) is 4.46. The van der Waals surface area contributed by atoms with Gasteiger partial charge in [-0.25, -0.2) is 13.8 Å². The van der Waals surface area contributed by atoms with Crippen LogP contribution in [-0.4, -0.2) is 10.9 Å². The van der Waals surface area contributed by atoms with Crippen LogP contribution in [0.5, 0.6) is 0 Å². The number of nitrogen functional groups attached to an aromatic ring is 1. The summed E-state index contributed by atoms with van der Waals surface area (Å²) in [6.45, 7) is 2.04. The van der Waals surface area contributed by atoms with E-state index in [1.165, 1.54) is 11.3 Å². The molecule has 0 saturated heterocycles. The van der Waals surface area contributed by atoms with Gasteiger partial charge in [0.25, 0.3) is 5.91 Å². The number of hydrogen-bond donors (Lipinski definition) is 2. The number of carbonyl (C=O) groups is 1. The molecule has 7 heteroatoms. The molecule has 1 heterocycles. The topological polar surface area (TPSA) is 68.0 Å². The summed E-state index contributed by atoms with van der Waals surface area (Å²) in [6, 6.07) is 1.64. The summed E-state index contributed by atoms with van der Waals surface area (Å²) >= 11 is 1.42. The number of aryl methyl sites for hydroxylation is 1. The lowest BCUT2D eigenvalue weighted by Crippen LogP contribution is -2.24. The van der Waals surface area contributed by atoms with Crippen molar-refractivity contribution in [3.05, 3.63) is 45.4 Å². The van der Waals surface area contributed by atoms with Crippen LogP contribution in [-0.2, 0) is 6.54 Å². The predicted octanol–water partition coefficient (Wildman–Crippen LogP) is 2.24. The van der Waals surface area contributed by atoms with Gasteiger partial charge >= 0.3 is 0 Å². The van der Waals surface area contributed by atoms with Crippen molar-refractivity contribution in [1.29, 1.82) is 0 Å². The highest BCUT2D eigenvalue weighted by atomic mass is 32.1. The molecule has 3 N–H and O–H groups in total. The molecule has 0 radical (unpaired) electrons. The summed E-state index contributed by atoms with van der Waals surface area (Å²) < 4.78 is 26.7. The molecule has 100 valence electrons. The van der Waals surface area contributed by atoms with Gasteiger partial charge in [-0.15, -0.1) is 11.3 Å². The van der Waals surface area contributed by atoms with Gasteiger partial charge < -0.3 is 11.1 Å². The molecule has 0 fully saturated rings. The third kappa shape index (κ3) is 3.05. The molecule has 0 bridgehead atoms. The SMILES string of the molecule is Cc1cnc(CNC(=O)c2cc(F)cc(N)c2F)s1. The first kappa shape index (κ1) is 13.4. The van der Waals surface area contributed by atoms with Crippen LogP contribution in [0.25, 0.3) is 0 Å². The first-order valence-corrected chi connectivity index (χ1v) is 6.23. The molecule has 0 aliphatic carbocycles. The van der Waals surface area contributed by atoms with E-state index < -0.39 is 28.8 Å². The Morgan fingerprint density at radius 1 is 1.47 bits per heavy atom. The van der Waals surface area contributed by atoms with E-state index in [1.807, 2.05) is 6.92 Å². The minimum Gasteiger partial charge on any atom is -0.396 e. The standard InChI is InChI=1S/C12H11F2N3OS/c1-6-4-16-10(19-6)5-17-12(18)8-2-7(13)3-9(15)11(8)14/h2-4H,5,15H2,1H3,(H,17,18). The lowest BCUT2D eigenvalue weighted by atomic mass is 10.1. The number of rotatable bonds is 3. The van der Waals surface area contributed by atoms with Crippen LogP contribution >= 0.6 is 11.3 Å². The normalized spacial score (nSPS) is 10.5.